The molecule has 116 valence electrons. The summed E-state index contributed by atoms with van der Waals surface area (Å²) in [5.41, 5.74) is 0. The summed E-state index contributed by atoms with van der Waals surface area (Å²) in [6.07, 6.45) is 7.77. The van der Waals surface area contributed by atoms with E-state index in [4.69, 9.17) is 5.11 Å². The number of hydrogen-bond donors (Lipinski definition) is 2. The molecule has 1 aliphatic heterocycles. The first-order valence-corrected chi connectivity index (χ1v) is 7.76. The van der Waals surface area contributed by atoms with E-state index in [2.05, 4.69) is 6.92 Å². The van der Waals surface area contributed by atoms with E-state index in [0.717, 1.165) is 19.3 Å². The van der Waals surface area contributed by atoms with Crippen LogP contribution < -0.4 is 0 Å². The van der Waals surface area contributed by atoms with Crippen molar-refractivity contribution in [2.45, 2.75) is 76.9 Å². The summed E-state index contributed by atoms with van der Waals surface area (Å²) in [5.74, 6) is -1.16. The van der Waals surface area contributed by atoms with Gasteiger partial charge >= 0.3 is 5.97 Å². The zero-order valence-electron chi connectivity index (χ0n) is 12.4. The summed E-state index contributed by atoms with van der Waals surface area (Å²) < 4.78 is 0. The molecule has 2 N–H and O–H groups in total. The van der Waals surface area contributed by atoms with Gasteiger partial charge in [0.15, 0.2) is 0 Å². The number of β-amino-alcohol motifs (C(OH)–C–C–N with tert-alkyl or cyclic N) is 1. The number of hydrogen-bond acceptors (Lipinski definition) is 3. The number of likely N-dealkylation sites (tertiary alicyclic amines) is 1. The van der Waals surface area contributed by atoms with Crippen LogP contribution in [0, 0.1) is 0 Å². The molecular formula is C15H27NO4. The maximum Gasteiger partial charge on any atom is 0.326 e. The molecule has 1 fully saturated rings. The summed E-state index contributed by atoms with van der Waals surface area (Å²) in [4.78, 5) is 24.3. The second-order valence-corrected chi connectivity index (χ2v) is 5.66. The number of carboxylic acid groups (broad SMARTS) is 1. The molecule has 0 saturated carbocycles. The van der Waals surface area contributed by atoms with Crippen LogP contribution in [0.3, 0.4) is 0 Å². The molecule has 0 radical (unpaired) electrons. The Balaban J connectivity index is 2.20. The van der Waals surface area contributed by atoms with Gasteiger partial charge in [-0.25, -0.2) is 4.79 Å². The molecule has 5 heteroatoms. The number of unbranched alkanes of at least 4 members (excludes halogenated alkanes) is 6. The maximum absolute atomic E-state index is 12.0. The SMILES string of the molecule is CCCCCCCCCC(=O)N1CC(O)C[C@H]1C(=O)O. The van der Waals surface area contributed by atoms with E-state index < -0.39 is 18.1 Å². The molecule has 20 heavy (non-hydrogen) atoms. The normalized spacial score (nSPS) is 22.2. The highest BCUT2D eigenvalue weighted by molar-refractivity contribution is 5.84. The Kier molecular flexibility index (Phi) is 7.59. The Hall–Kier alpha value is -1.10. The summed E-state index contributed by atoms with van der Waals surface area (Å²) in [6, 6.07) is -0.845. The molecule has 1 amide bonds. The fourth-order valence-corrected chi connectivity index (χ4v) is 2.70. The Bertz CT molecular complexity index is 319. The molecule has 0 bridgehead atoms. The van der Waals surface area contributed by atoms with E-state index in [1.807, 2.05) is 0 Å². The molecule has 0 aromatic carbocycles. The van der Waals surface area contributed by atoms with Gasteiger partial charge in [0.2, 0.25) is 5.91 Å². The van der Waals surface area contributed by atoms with Crippen LogP contribution >= 0.6 is 0 Å². The fourth-order valence-electron chi connectivity index (χ4n) is 2.70. The molecule has 0 spiro atoms. The van der Waals surface area contributed by atoms with Gasteiger partial charge in [-0.2, -0.15) is 0 Å². The van der Waals surface area contributed by atoms with Gasteiger partial charge < -0.3 is 15.1 Å². The summed E-state index contributed by atoms with van der Waals surface area (Å²) in [6.45, 7) is 2.34. The first-order valence-electron chi connectivity index (χ1n) is 7.76. The molecule has 0 aromatic heterocycles. The van der Waals surface area contributed by atoms with Gasteiger partial charge in [0, 0.05) is 19.4 Å². The second-order valence-electron chi connectivity index (χ2n) is 5.66. The second kappa shape index (κ2) is 8.95. The number of amides is 1. The van der Waals surface area contributed by atoms with E-state index >= 15 is 0 Å². The van der Waals surface area contributed by atoms with Gasteiger partial charge in [0.05, 0.1) is 6.10 Å². The van der Waals surface area contributed by atoms with Gasteiger partial charge in [0.1, 0.15) is 6.04 Å². The lowest BCUT2D eigenvalue weighted by molar-refractivity contribution is -0.148. The van der Waals surface area contributed by atoms with Crippen LogP contribution in [0.4, 0.5) is 0 Å². The minimum atomic E-state index is -1.02. The summed E-state index contributed by atoms with van der Waals surface area (Å²) in [5, 5.41) is 18.5. The Morgan fingerprint density at radius 1 is 1.10 bits per heavy atom. The van der Waals surface area contributed by atoms with Crippen molar-refractivity contribution >= 4 is 11.9 Å². The summed E-state index contributed by atoms with van der Waals surface area (Å²) >= 11 is 0. The lowest BCUT2D eigenvalue weighted by Gasteiger charge is -2.21. The van der Waals surface area contributed by atoms with Crippen LogP contribution in [-0.2, 0) is 9.59 Å². The first-order chi connectivity index (χ1) is 9.56. The average molecular weight is 285 g/mol. The van der Waals surface area contributed by atoms with Crippen LogP contribution in [-0.4, -0.2) is 45.7 Å². The summed E-state index contributed by atoms with van der Waals surface area (Å²) in [7, 11) is 0. The molecule has 0 aromatic rings. The van der Waals surface area contributed by atoms with Crippen molar-refractivity contribution in [1.29, 1.82) is 0 Å². The van der Waals surface area contributed by atoms with Crippen LogP contribution in [0.15, 0.2) is 0 Å². The van der Waals surface area contributed by atoms with E-state index in [0.29, 0.717) is 6.42 Å². The van der Waals surface area contributed by atoms with Crippen molar-refractivity contribution in [3.05, 3.63) is 0 Å². The van der Waals surface area contributed by atoms with Crippen molar-refractivity contribution in [3.63, 3.8) is 0 Å². The number of aliphatic hydroxyl groups is 1. The van der Waals surface area contributed by atoms with Crippen molar-refractivity contribution in [1.82, 2.24) is 4.90 Å². The molecule has 2 atom stereocenters. The highest BCUT2D eigenvalue weighted by Gasteiger charge is 2.38. The molecular weight excluding hydrogens is 258 g/mol. The van der Waals surface area contributed by atoms with Gasteiger partial charge in [-0.05, 0) is 6.42 Å². The van der Waals surface area contributed by atoms with E-state index in [-0.39, 0.29) is 18.9 Å². The minimum absolute atomic E-state index is 0.137. The number of carbonyl (C=O) groups is 2. The third kappa shape index (κ3) is 5.49. The van der Waals surface area contributed by atoms with E-state index in [9.17, 15) is 14.7 Å². The van der Waals surface area contributed by atoms with Crippen LogP contribution in [0.5, 0.6) is 0 Å². The molecule has 1 unspecified atom stereocenters. The standard InChI is InChI=1S/C15H27NO4/c1-2-3-4-5-6-7-8-9-14(18)16-11-12(17)10-13(16)15(19)20/h12-13,17H,2-11H2,1H3,(H,19,20)/t12?,13-/m0/s1. The first kappa shape index (κ1) is 17.0. The number of carboxylic acids is 1. The molecule has 5 nitrogen and oxygen atoms in total. The fraction of sp³-hybridized carbons (Fsp3) is 0.867. The number of rotatable bonds is 9. The Labute approximate surface area is 121 Å². The highest BCUT2D eigenvalue weighted by atomic mass is 16.4. The molecule has 0 aliphatic carbocycles. The van der Waals surface area contributed by atoms with Crippen molar-refractivity contribution in [2.75, 3.05) is 6.54 Å². The van der Waals surface area contributed by atoms with E-state index in [1.165, 1.54) is 30.6 Å². The zero-order chi connectivity index (χ0) is 15.0. The lowest BCUT2D eigenvalue weighted by atomic mass is 10.1. The smallest absolute Gasteiger partial charge is 0.326 e. The van der Waals surface area contributed by atoms with Crippen LogP contribution in [0.25, 0.3) is 0 Å². The predicted octanol–water partition coefficient (Wildman–Crippen LogP) is 2.17. The Morgan fingerprint density at radius 3 is 2.30 bits per heavy atom. The average Bonchev–Trinajstić information content (AvgIpc) is 2.80. The van der Waals surface area contributed by atoms with Crippen molar-refractivity contribution < 1.29 is 19.8 Å². The molecule has 1 heterocycles. The largest absolute Gasteiger partial charge is 0.480 e. The number of aliphatic carboxylic acids is 1. The van der Waals surface area contributed by atoms with E-state index in [1.54, 1.807) is 0 Å². The Morgan fingerprint density at radius 2 is 1.70 bits per heavy atom. The number of aliphatic hydroxyl groups excluding tert-OH is 1. The molecule has 1 saturated heterocycles. The maximum atomic E-state index is 12.0. The molecule has 1 rings (SSSR count). The van der Waals surface area contributed by atoms with Crippen LogP contribution in [0.2, 0.25) is 0 Å². The quantitative estimate of drug-likeness (QED) is 0.636. The van der Waals surface area contributed by atoms with Crippen LogP contribution in [0.1, 0.15) is 64.7 Å². The third-order valence-corrected chi connectivity index (χ3v) is 3.88. The van der Waals surface area contributed by atoms with Gasteiger partial charge in [0.25, 0.3) is 0 Å². The lowest BCUT2D eigenvalue weighted by Crippen LogP contribution is -2.40. The topological polar surface area (TPSA) is 77.8 Å². The third-order valence-electron chi connectivity index (χ3n) is 3.88. The van der Waals surface area contributed by atoms with Gasteiger partial charge in [-0.15, -0.1) is 0 Å². The zero-order valence-corrected chi connectivity index (χ0v) is 12.4. The highest BCUT2D eigenvalue weighted by Crippen LogP contribution is 2.20. The minimum Gasteiger partial charge on any atom is -0.480 e. The molecule has 1 aliphatic rings. The number of carbonyl (C=O) groups excluding carboxylic acids is 1. The van der Waals surface area contributed by atoms with Crippen molar-refractivity contribution in [2.24, 2.45) is 0 Å². The van der Waals surface area contributed by atoms with Gasteiger partial charge in [-0.1, -0.05) is 45.4 Å². The monoisotopic (exact) mass is 285 g/mol. The predicted molar refractivity (Wildman–Crippen MR) is 76.4 cm³/mol. The van der Waals surface area contributed by atoms with Crippen molar-refractivity contribution in [3.8, 4) is 0 Å². The number of nitrogens with zero attached hydrogens (tertiary/aromatic N) is 1. The van der Waals surface area contributed by atoms with Gasteiger partial charge in [-0.3, -0.25) is 4.79 Å².